The minimum absolute atomic E-state index is 0.171. The Bertz CT molecular complexity index is 744. The second-order valence-corrected chi connectivity index (χ2v) is 5.95. The van der Waals surface area contributed by atoms with Gasteiger partial charge in [0.05, 0.1) is 25.5 Å². The zero-order valence-electron chi connectivity index (χ0n) is 13.2. The maximum Gasteiger partial charge on any atom is 0.310 e. The molecule has 0 radical (unpaired) electrons. The number of carbonyl (C=O) groups is 1. The quantitative estimate of drug-likeness (QED) is 0.879. The van der Waals surface area contributed by atoms with Crippen LogP contribution in [-0.4, -0.2) is 24.2 Å². The number of aromatic nitrogens is 1. The standard InChI is InChI=1S/C18H20N2O3/c1-22-14-6-7-16-15(9-14)13(11-20-16)8-18(21)23-17-5-3-2-4-12(17)10-19/h6-7,9,11-12,17,20H,2-5,8H2,1H3. The molecule has 1 aromatic carbocycles. The van der Waals surface area contributed by atoms with E-state index in [1.54, 1.807) is 7.11 Å². The van der Waals surface area contributed by atoms with Gasteiger partial charge < -0.3 is 14.5 Å². The van der Waals surface area contributed by atoms with E-state index in [1.807, 2.05) is 24.4 Å². The lowest BCUT2D eigenvalue weighted by molar-refractivity contribution is -0.151. The molecule has 1 aromatic heterocycles. The van der Waals surface area contributed by atoms with Gasteiger partial charge in [0.2, 0.25) is 0 Å². The van der Waals surface area contributed by atoms with Gasteiger partial charge in [-0.2, -0.15) is 5.26 Å². The average molecular weight is 312 g/mol. The Balaban J connectivity index is 1.71. The average Bonchev–Trinajstić information content (AvgIpc) is 2.97. The van der Waals surface area contributed by atoms with Crippen molar-refractivity contribution in [3.8, 4) is 11.8 Å². The minimum atomic E-state index is -0.277. The summed E-state index contributed by atoms with van der Waals surface area (Å²) in [6.45, 7) is 0. The Hall–Kier alpha value is -2.48. The largest absolute Gasteiger partial charge is 0.497 e. The van der Waals surface area contributed by atoms with Crippen molar-refractivity contribution in [3.05, 3.63) is 30.0 Å². The first-order chi connectivity index (χ1) is 11.2. The van der Waals surface area contributed by atoms with Crippen LogP contribution in [0, 0.1) is 17.2 Å². The van der Waals surface area contributed by atoms with Crippen molar-refractivity contribution in [3.63, 3.8) is 0 Å². The van der Waals surface area contributed by atoms with Gasteiger partial charge in [0.1, 0.15) is 11.9 Å². The van der Waals surface area contributed by atoms with Crippen molar-refractivity contribution in [2.75, 3.05) is 7.11 Å². The fraction of sp³-hybridized carbons (Fsp3) is 0.444. The first kappa shape index (κ1) is 15.4. The molecule has 0 amide bonds. The fourth-order valence-corrected chi connectivity index (χ4v) is 3.18. The summed E-state index contributed by atoms with van der Waals surface area (Å²) in [4.78, 5) is 15.4. The summed E-state index contributed by atoms with van der Waals surface area (Å²) >= 11 is 0. The number of nitrogens with one attached hydrogen (secondary N) is 1. The Morgan fingerprint density at radius 3 is 3.00 bits per heavy atom. The van der Waals surface area contributed by atoms with E-state index in [4.69, 9.17) is 14.7 Å². The van der Waals surface area contributed by atoms with E-state index < -0.39 is 0 Å². The van der Waals surface area contributed by atoms with Crippen LogP contribution in [0.5, 0.6) is 5.75 Å². The van der Waals surface area contributed by atoms with Gasteiger partial charge in [0, 0.05) is 17.1 Å². The highest BCUT2D eigenvalue weighted by Gasteiger charge is 2.28. The molecule has 2 unspecified atom stereocenters. The van der Waals surface area contributed by atoms with E-state index in [-0.39, 0.29) is 24.4 Å². The van der Waals surface area contributed by atoms with Gasteiger partial charge in [0.15, 0.2) is 0 Å². The number of esters is 1. The van der Waals surface area contributed by atoms with Crippen LogP contribution in [0.4, 0.5) is 0 Å². The highest BCUT2D eigenvalue weighted by Crippen LogP contribution is 2.28. The normalized spacial score (nSPS) is 20.9. The van der Waals surface area contributed by atoms with Crippen LogP contribution >= 0.6 is 0 Å². The summed E-state index contributed by atoms with van der Waals surface area (Å²) in [5.74, 6) is 0.306. The molecule has 2 aromatic rings. The smallest absolute Gasteiger partial charge is 0.310 e. The predicted molar refractivity (Wildman–Crippen MR) is 86.0 cm³/mol. The lowest BCUT2D eigenvalue weighted by atomic mass is 9.87. The van der Waals surface area contributed by atoms with Crippen LogP contribution in [0.1, 0.15) is 31.2 Å². The third kappa shape index (κ3) is 3.31. The summed E-state index contributed by atoms with van der Waals surface area (Å²) in [6, 6.07) is 7.97. The second-order valence-electron chi connectivity index (χ2n) is 5.95. The third-order valence-electron chi connectivity index (χ3n) is 4.46. The predicted octanol–water partition coefficient (Wildman–Crippen LogP) is 3.34. The summed E-state index contributed by atoms with van der Waals surface area (Å²) in [5.41, 5.74) is 1.84. The Kier molecular flexibility index (Phi) is 4.52. The van der Waals surface area contributed by atoms with Crippen molar-refractivity contribution in [2.45, 2.75) is 38.2 Å². The van der Waals surface area contributed by atoms with Crippen molar-refractivity contribution < 1.29 is 14.3 Å². The number of hydrogen-bond acceptors (Lipinski definition) is 4. The number of rotatable bonds is 4. The molecule has 0 aliphatic heterocycles. The number of nitrogens with zero attached hydrogens (tertiary/aromatic N) is 1. The number of carbonyl (C=O) groups excluding carboxylic acids is 1. The zero-order chi connectivity index (χ0) is 16.2. The second kappa shape index (κ2) is 6.74. The number of H-pyrrole nitrogens is 1. The van der Waals surface area contributed by atoms with Crippen LogP contribution in [0.25, 0.3) is 10.9 Å². The molecule has 0 bridgehead atoms. The zero-order valence-corrected chi connectivity index (χ0v) is 13.2. The first-order valence-corrected chi connectivity index (χ1v) is 7.94. The number of ether oxygens (including phenoxy) is 2. The summed E-state index contributed by atoms with van der Waals surface area (Å²) in [6.07, 6.45) is 5.41. The molecule has 23 heavy (non-hydrogen) atoms. The van der Waals surface area contributed by atoms with Gasteiger partial charge in [-0.25, -0.2) is 0 Å². The van der Waals surface area contributed by atoms with Crippen LogP contribution in [0.15, 0.2) is 24.4 Å². The highest BCUT2D eigenvalue weighted by atomic mass is 16.5. The van der Waals surface area contributed by atoms with Crippen LogP contribution in [-0.2, 0) is 16.0 Å². The van der Waals surface area contributed by atoms with Crippen LogP contribution in [0.2, 0.25) is 0 Å². The summed E-state index contributed by atoms with van der Waals surface area (Å²) in [7, 11) is 1.62. The molecule has 1 aliphatic rings. The van der Waals surface area contributed by atoms with Crippen molar-refractivity contribution >= 4 is 16.9 Å². The SMILES string of the molecule is COc1ccc2[nH]cc(CC(=O)OC3CCCCC3C#N)c2c1. The number of aromatic amines is 1. The van der Waals surface area contributed by atoms with Gasteiger partial charge in [-0.3, -0.25) is 4.79 Å². The van der Waals surface area contributed by atoms with E-state index >= 15 is 0 Å². The molecule has 3 rings (SSSR count). The Labute approximate surface area is 135 Å². The molecule has 1 fully saturated rings. The first-order valence-electron chi connectivity index (χ1n) is 7.94. The van der Waals surface area contributed by atoms with Gasteiger partial charge in [-0.1, -0.05) is 6.42 Å². The maximum absolute atomic E-state index is 12.3. The summed E-state index contributed by atoms with van der Waals surface area (Å²) in [5, 5.41) is 10.1. The van der Waals surface area contributed by atoms with Gasteiger partial charge in [0.25, 0.3) is 0 Å². The van der Waals surface area contributed by atoms with Gasteiger partial charge in [-0.15, -0.1) is 0 Å². The molecule has 1 N–H and O–H groups in total. The number of nitriles is 1. The molecule has 0 spiro atoms. The number of hydrogen-bond donors (Lipinski definition) is 1. The lowest BCUT2D eigenvalue weighted by Crippen LogP contribution is -2.29. The maximum atomic E-state index is 12.3. The van der Waals surface area contributed by atoms with Gasteiger partial charge in [-0.05, 0) is 43.0 Å². The number of methoxy groups -OCH3 is 1. The molecule has 5 nitrogen and oxygen atoms in total. The van der Waals surface area contributed by atoms with Crippen molar-refractivity contribution in [1.29, 1.82) is 5.26 Å². The fourth-order valence-electron chi connectivity index (χ4n) is 3.18. The highest BCUT2D eigenvalue weighted by molar-refractivity contribution is 5.88. The molecule has 120 valence electrons. The summed E-state index contributed by atoms with van der Waals surface area (Å²) < 4.78 is 10.8. The monoisotopic (exact) mass is 312 g/mol. The van der Waals surface area contributed by atoms with E-state index in [1.165, 1.54) is 0 Å². The molecule has 1 saturated carbocycles. The third-order valence-corrected chi connectivity index (χ3v) is 4.46. The van der Waals surface area contributed by atoms with Crippen molar-refractivity contribution in [2.24, 2.45) is 5.92 Å². The Morgan fingerprint density at radius 1 is 1.39 bits per heavy atom. The molecule has 1 heterocycles. The lowest BCUT2D eigenvalue weighted by Gasteiger charge is -2.26. The molecule has 1 aliphatic carbocycles. The molecule has 5 heteroatoms. The molecule has 0 saturated heterocycles. The number of benzene rings is 1. The van der Waals surface area contributed by atoms with Crippen LogP contribution in [0.3, 0.4) is 0 Å². The Morgan fingerprint density at radius 2 is 2.22 bits per heavy atom. The molecular formula is C18H20N2O3. The topological polar surface area (TPSA) is 75.1 Å². The van der Waals surface area contributed by atoms with E-state index in [0.717, 1.165) is 47.9 Å². The van der Waals surface area contributed by atoms with Crippen LogP contribution < -0.4 is 4.74 Å². The van der Waals surface area contributed by atoms with Gasteiger partial charge >= 0.3 is 5.97 Å². The minimum Gasteiger partial charge on any atom is -0.497 e. The van der Waals surface area contributed by atoms with E-state index in [2.05, 4.69) is 11.1 Å². The molecular weight excluding hydrogens is 292 g/mol. The van der Waals surface area contributed by atoms with E-state index in [0.29, 0.717) is 0 Å². The molecule has 2 atom stereocenters. The number of fused-ring (bicyclic) bond motifs is 1. The van der Waals surface area contributed by atoms with Crippen molar-refractivity contribution in [1.82, 2.24) is 4.98 Å². The van der Waals surface area contributed by atoms with E-state index in [9.17, 15) is 4.79 Å².